The van der Waals surface area contributed by atoms with E-state index in [1.807, 2.05) is 18.2 Å². The maximum absolute atomic E-state index is 12.0. The largest absolute Gasteiger partial charge is 0.480 e. The van der Waals surface area contributed by atoms with Crippen molar-refractivity contribution in [3.8, 4) is 0 Å². The number of amides is 2. The van der Waals surface area contributed by atoms with Crippen molar-refractivity contribution in [2.45, 2.75) is 31.9 Å². The molecular formula is C21H25N3O5. The van der Waals surface area contributed by atoms with Crippen LogP contribution in [0.1, 0.15) is 35.2 Å². The first kappa shape index (κ1) is 21.7. The van der Waals surface area contributed by atoms with Crippen molar-refractivity contribution >= 4 is 23.7 Å². The minimum atomic E-state index is -1.14. The lowest BCUT2D eigenvalue weighted by molar-refractivity contribution is -0.139. The number of carbonyl (C=O) groups excluding carboxylic acids is 2. The lowest BCUT2D eigenvalue weighted by atomic mass is 10.1. The number of nitrogens with two attached hydrogens (primary N) is 1. The standard InChI is InChI=1S/C21H25N3O5/c22-17-11-5-4-10-16(17)19(25)23-13-7-6-12-18(20(26)27)24-21(28)29-14-15-8-2-1-3-9-15/h1-5,8-11,18H,6-7,12-14,22H2,(H,23,25)(H,24,28)(H,26,27)/t18-/m1/s1. The summed E-state index contributed by atoms with van der Waals surface area (Å²) in [5.74, 6) is -1.41. The molecule has 0 heterocycles. The molecule has 8 heteroatoms. The van der Waals surface area contributed by atoms with Gasteiger partial charge in [-0.2, -0.15) is 0 Å². The van der Waals surface area contributed by atoms with Gasteiger partial charge in [-0.05, 0) is 37.0 Å². The van der Waals surface area contributed by atoms with E-state index in [-0.39, 0.29) is 18.9 Å². The molecule has 29 heavy (non-hydrogen) atoms. The van der Waals surface area contributed by atoms with Gasteiger partial charge >= 0.3 is 12.1 Å². The number of aliphatic carboxylic acids is 1. The molecule has 2 amide bonds. The van der Waals surface area contributed by atoms with E-state index in [0.717, 1.165) is 5.56 Å². The summed E-state index contributed by atoms with van der Waals surface area (Å²) in [6.07, 6.45) is 0.497. The Kier molecular flexibility index (Phi) is 8.50. The maximum Gasteiger partial charge on any atom is 0.408 e. The molecule has 2 rings (SSSR count). The lowest BCUT2D eigenvalue weighted by Gasteiger charge is -2.15. The number of ether oxygens (including phenoxy) is 1. The van der Waals surface area contributed by atoms with Gasteiger partial charge in [-0.25, -0.2) is 9.59 Å². The molecule has 0 radical (unpaired) electrons. The number of nitrogen functional groups attached to an aromatic ring is 1. The smallest absolute Gasteiger partial charge is 0.408 e. The second-order valence-corrected chi connectivity index (χ2v) is 6.44. The van der Waals surface area contributed by atoms with Crippen LogP contribution in [0.5, 0.6) is 0 Å². The van der Waals surface area contributed by atoms with Crippen molar-refractivity contribution in [1.29, 1.82) is 0 Å². The van der Waals surface area contributed by atoms with Crippen molar-refractivity contribution in [3.63, 3.8) is 0 Å². The fraction of sp³-hybridized carbons (Fsp3) is 0.286. The molecule has 0 saturated heterocycles. The predicted octanol–water partition coefficient (Wildman–Crippen LogP) is 2.55. The second kappa shape index (κ2) is 11.3. The minimum Gasteiger partial charge on any atom is -0.480 e. The first-order chi connectivity index (χ1) is 14.0. The molecule has 0 saturated carbocycles. The summed E-state index contributed by atoms with van der Waals surface area (Å²) in [5.41, 5.74) is 7.36. The first-order valence-electron chi connectivity index (χ1n) is 9.30. The van der Waals surface area contributed by atoms with Gasteiger partial charge in [-0.3, -0.25) is 4.79 Å². The summed E-state index contributed by atoms with van der Waals surface area (Å²) in [6.45, 7) is 0.436. The topological polar surface area (TPSA) is 131 Å². The number of para-hydroxylation sites is 1. The van der Waals surface area contributed by atoms with Crippen LogP contribution >= 0.6 is 0 Å². The van der Waals surface area contributed by atoms with Gasteiger partial charge < -0.3 is 26.2 Å². The van der Waals surface area contributed by atoms with Crippen LogP contribution in [0.2, 0.25) is 0 Å². The van der Waals surface area contributed by atoms with Crippen LogP contribution in [-0.2, 0) is 16.1 Å². The van der Waals surface area contributed by atoms with Gasteiger partial charge in [0.25, 0.3) is 5.91 Å². The monoisotopic (exact) mass is 399 g/mol. The molecule has 0 aliphatic carbocycles. The predicted molar refractivity (Wildman–Crippen MR) is 108 cm³/mol. The highest BCUT2D eigenvalue weighted by atomic mass is 16.5. The normalized spacial score (nSPS) is 11.3. The molecule has 154 valence electrons. The molecule has 5 N–H and O–H groups in total. The maximum atomic E-state index is 12.0. The Bertz CT molecular complexity index is 826. The molecule has 0 unspecified atom stereocenters. The number of carboxylic acid groups (broad SMARTS) is 1. The van der Waals surface area contributed by atoms with Gasteiger partial charge in [0.2, 0.25) is 0 Å². The van der Waals surface area contributed by atoms with Gasteiger partial charge in [-0.1, -0.05) is 42.5 Å². The highest BCUT2D eigenvalue weighted by Crippen LogP contribution is 2.10. The summed E-state index contributed by atoms with van der Waals surface area (Å²) in [4.78, 5) is 35.2. The van der Waals surface area contributed by atoms with Crippen molar-refractivity contribution in [2.75, 3.05) is 12.3 Å². The van der Waals surface area contributed by atoms with E-state index in [2.05, 4.69) is 10.6 Å². The van der Waals surface area contributed by atoms with Gasteiger partial charge in [0, 0.05) is 12.2 Å². The zero-order chi connectivity index (χ0) is 21.1. The van der Waals surface area contributed by atoms with Crippen LogP contribution in [-0.4, -0.2) is 35.7 Å². The third-order valence-electron chi connectivity index (χ3n) is 4.21. The molecule has 0 fully saturated rings. The van der Waals surface area contributed by atoms with E-state index < -0.39 is 18.1 Å². The molecule has 2 aromatic rings. The van der Waals surface area contributed by atoms with Gasteiger partial charge in [-0.15, -0.1) is 0 Å². The highest BCUT2D eigenvalue weighted by molar-refractivity contribution is 5.99. The summed E-state index contributed by atoms with van der Waals surface area (Å²) < 4.78 is 5.05. The van der Waals surface area contributed by atoms with Crippen LogP contribution in [0.15, 0.2) is 54.6 Å². The van der Waals surface area contributed by atoms with E-state index in [1.54, 1.807) is 36.4 Å². The second-order valence-electron chi connectivity index (χ2n) is 6.44. The molecule has 1 atom stereocenters. The zero-order valence-electron chi connectivity index (χ0n) is 16.0. The summed E-state index contributed by atoms with van der Waals surface area (Å²) in [6, 6.07) is 14.8. The molecule has 0 bridgehead atoms. The molecule has 8 nitrogen and oxygen atoms in total. The van der Waals surface area contributed by atoms with Crippen LogP contribution in [0.3, 0.4) is 0 Å². The van der Waals surface area contributed by atoms with Gasteiger partial charge in [0.15, 0.2) is 0 Å². The van der Waals surface area contributed by atoms with Crippen molar-refractivity contribution in [3.05, 3.63) is 65.7 Å². The molecule has 0 aliphatic rings. The third kappa shape index (κ3) is 7.53. The van der Waals surface area contributed by atoms with E-state index >= 15 is 0 Å². The van der Waals surface area contributed by atoms with E-state index in [9.17, 15) is 19.5 Å². The SMILES string of the molecule is Nc1ccccc1C(=O)NCCCC[C@@H](NC(=O)OCc1ccccc1)C(=O)O. The lowest BCUT2D eigenvalue weighted by Crippen LogP contribution is -2.41. The van der Waals surface area contributed by atoms with Crippen molar-refractivity contribution in [1.82, 2.24) is 10.6 Å². The van der Waals surface area contributed by atoms with Crippen LogP contribution < -0.4 is 16.4 Å². The van der Waals surface area contributed by atoms with E-state index in [1.165, 1.54) is 0 Å². The van der Waals surface area contributed by atoms with Crippen LogP contribution in [0.25, 0.3) is 0 Å². The van der Waals surface area contributed by atoms with E-state index in [4.69, 9.17) is 10.5 Å². The molecule has 2 aromatic carbocycles. The van der Waals surface area contributed by atoms with Crippen molar-refractivity contribution in [2.24, 2.45) is 0 Å². The Morgan fingerprint density at radius 2 is 1.69 bits per heavy atom. The Hall–Kier alpha value is -3.55. The summed E-state index contributed by atoms with van der Waals surface area (Å²) in [7, 11) is 0. The molecule has 0 spiro atoms. The molecular weight excluding hydrogens is 374 g/mol. The fourth-order valence-electron chi connectivity index (χ4n) is 2.64. The Labute approximate surface area is 169 Å². The quantitative estimate of drug-likeness (QED) is 0.359. The van der Waals surface area contributed by atoms with Crippen LogP contribution in [0.4, 0.5) is 10.5 Å². The Morgan fingerprint density at radius 1 is 1.00 bits per heavy atom. The number of hydrogen-bond acceptors (Lipinski definition) is 5. The molecule has 0 aromatic heterocycles. The van der Waals surface area contributed by atoms with E-state index in [0.29, 0.717) is 30.6 Å². The van der Waals surface area contributed by atoms with Crippen LogP contribution in [0, 0.1) is 0 Å². The number of alkyl carbamates (subject to hydrolysis) is 1. The number of hydrogen-bond donors (Lipinski definition) is 4. The number of benzene rings is 2. The number of anilines is 1. The third-order valence-corrected chi connectivity index (χ3v) is 4.21. The number of carboxylic acids is 1. The average molecular weight is 399 g/mol. The summed E-state index contributed by atoms with van der Waals surface area (Å²) in [5, 5.41) is 14.4. The fourth-order valence-corrected chi connectivity index (χ4v) is 2.64. The zero-order valence-corrected chi connectivity index (χ0v) is 16.0. The minimum absolute atomic E-state index is 0.0632. The number of unbranched alkanes of at least 4 members (excludes halogenated alkanes) is 1. The number of carbonyl (C=O) groups is 3. The summed E-state index contributed by atoms with van der Waals surface area (Å²) >= 11 is 0. The first-order valence-corrected chi connectivity index (χ1v) is 9.30. The number of nitrogens with one attached hydrogen (secondary N) is 2. The average Bonchev–Trinajstić information content (AvgIpc) is 2.72. The Balaban J connectivity index is 1.68. The molecule has 0 aliphatic heterocycles. The number of rotatable bonds is 10. The van der Waals surface area contributed by atoms with Crippen molar-refractivity contribution < 1.29 is 24.2 Å². The highest BCUT2D eigenvalue weighted by Gasteiger charge is 2.20. The Morgan fingerprint density at radius 3 is 2.38 bits per heavy atom. The van der Waals surface area contributed by atoms with Gasteiger partial charge in [0.05, 0.1) is 5.56 Å². The van der Waals surface area contributed by atoms with Gasteiger partial charge in [0.1, 0.15) is 12.6 Å².